The van der Waals surface area contributed by atoms with Gasteiger partial charge in [-0.05, 0) is 6.92 Å². The maximum Gasteiger partial charge on any atom is 0.283 e. The van der Waals surface area contributed by atoms with E-state index in [1.807, 2.05) is 18.2 Å². The highest BCUT2D eigenvalue weighted by Crippen LogP contribution is 2.30. The smallest absolute Gasteiger partial charge is 0.283 e. The van der Waals surface area contributed by atoms with Crippen molar-refractivity contribution in [2.24, 2.45) is 0 Å². The summed E-state index contributed by atoms with van der Waals surface area (Å²) in [7, 11) is 0. The molecule has 0 fully saturated rings. The molecule has 0 saturated heterocycles. The third-order valence-corrected chi connectivity index (χ3v) is 4.15. The van der Waals surface area contributed by atoms with Crippen LogP contribution in [0.15, 0.2) is 35.7 Å². The van der Waals surface area contributed by atoms with Gasteiger partial charge in [0.1, 0.15) is 0 Å². The number of halogens is 1. The SMILES string of the molecule is Cc1csc2[n+]1C=C(c1ccccc1)OC2C.[Br-]. The predicted octanol–water partition coefficient (Wildman–Crippen LogP) is 0.395. The Morgan fingerprint density at radius 3 is 2.67 bits per heavy atom. The molecule has 1 aliphatic heterocycles. The van der Waals surface area contributed by atoms with E-state index >= 15 is 0 Å². The summed E-state index contributed by atoms with van der Waals surface area (Å²) in [4.78, 5) is 0. The maximum absolute atomic E-state index is 5.96. The molecule has 2 nitrogen and oxygen atoms in total. The summed E-state index contributed by atoms with van der Waals surface area (Å²) in [5.41, 5.74) is 2.39. The van der Waals surface area contributed by atoms with Crippen LogP contribution in [0.4, 0.5) is 0 Å². The molecule has 4 heteroatoms. The second kappa shape index (κ2) is 5.24. The summed E-state index contributed by atoms with van der Waals surface area (Å²) in [5.74, 6) is 0.942. The number of hydrogen-bond acceptors (Lipinski definition) is 2. The molecule has 0 radical (unpaired) electrons. The fraction of sp³-hybridized carbons (Fsp3) is 0.214. The Hall–Kier alpha value is -1.13. The highest BCUT2D eigenvalue weighted by molar-refractivity contribution is 7.09. The number of rotatable bonds is 1. The minimum atomic E-state index is 0. The summed E-state index contributed by atoms with van der Waals surface area (Å²) in [6.45, 7) is 4.22. The number of benzene rings is 1. The van der Waals surface area contributed by atoms with E-state index in [-0.39, 0.29) is 23.1 Å². The standard InChI is InChI=1S/C14H14NOS.BrH/c1-10-9-17-14-11(2)16-13(8-15(10)14)12-6-4-3-5-7-12;/h3-9,11H,1-2H3;1H/q+1;/p-1. The van der Waals surface area contributed by atoms with E-state index in [1.165, 1.54) is 10.7 Å². The Bertz CT molecular complexity index is 577. The van der Waals surface area contributed by atoms with Gasteiger partial charge in [-0.3, -0.25) is 0 Å². The number of nitrogens with zero attached hydrogens (tertiary/aromatic N) is 1. The van der Waals surface area contributed by atoms with Crippen LogP contribution in [0.2, 0.25) is 0 Å². The van der Waals surface area contributed by atoms with Crippen molar-refractivity contribution in [3.63, 3.8) is 0 Å². The molecule has 3 rings (SSSR count). The minimum Gasteiger partial charge on any atom is -1.00 e. The van der Waals surface area contributed by atoms with Crippen LogP contribution in [0.1, 0.15) is 29.3 Å². The normalized spacial score (nSPS) is 17.2. The Kier molecular flexibility index (Phi) is 3.88. The minimum absolute atomic E-state index is 0. The zero-order valence-electron chi connectivity index (χ0n) is 10.3. The number of aryl methyl sites for hydroxylation is 1. The van der Waals surface area contributed by atoms with Gasteiger partial charge in [0.25, 0.3) is 5.01 Å². The van der Waals surface area contributed by atoms with E-state index in [0.29, 0.717) is 0 Å². The van der Waals surface area contributed by atoms with E-state index in [1.54, 1.807) is 11.3 Å². The number of thiazole rings is 1. The number of ether oxygens (including phenoxy) is 1. The predicted molar refractivity (Wildman–Crippen MR) is 69.4 cm³/mol. The van der Waals surface area contributed by atoms with Crippen LogP contribution >= 0.6 is 11.3 Å². The molecule has 1 atom stereocenters. The van der Waals surface area contributed by atoms with Gasteiger partial charge in [-0.1, -0.05) is 41.7 Å². The van der Waals surface area contributed by atoms with Crippen molar-refractivity contribution in [2.75, 3.05) is 0 Å². The molecule has 1 aromatic carbocycles. The lowest BCUT2D eigenvalue weighted by Gasteiger charge is -2.17. The molecule has 2 aromatic rings. The molecule has 0 N–H and O–H groups in total. The van der Waals surface area contributed by atoms with E-state index in [9.17, 15) is 0 Å². The molecule has 18 heavy (non-hydrogen) atoms. The number of hydrogen-bond donors (Lipinski definition) is 0. The monoisotopic (exact) mass is 323 g/mol. The largest absolute Gasteiger partial charge is 1.00 e. The fourth-order valence-corrected chi connectivity index (χ4v) is 2.98. The quantitative estimate of drug-likeness (QED) is 0.692. The first-order valence-corrected chi connectivity index (χ1v) is 6.57. The highest BCUT2D eigenvalue weighted by Gasteiger charge is 2.30. The van der Waals surface area contributed by atoms with Gasteiger partial charge in [0, 0.05) is 12.5 Å². The summed E-state index contributed by atoms with van der Waals surface area (Å²) in [6, 6.07) is 10.2. The van der Waals surface area contributed by atoms with Crippen molar-refractivity contribution in [1.82, 2.24) is 0 Å². The molecule has 0 saturated carbocycles. The second-order valence-electron chi connectivity index (χ2n) is 4.20. The van der Waals surface area contributed by atoms with Crippen molar-refractivity contribution in [2.45, 2.75) is 20.0 Å². The Morgan fingerprint density at radius 2 is 1.94 bits per heavy atom. The first-order valence-electron chi connectivity index (χ1n) is 5.69. The molecule has 0 amide bonds. The summed E-state index contributed by atoms with van der Waals surface area (Å²) >= 11 is 1.75. The lowest BCUT2D eigenvalue weighted by Crippen LogP contribution is -3.00. The summed E-state index contributed by atoms with van der Waals surface area (Å²) in [5, 5.41) is 3.42. The summed E-state index contributed by atoms with van der Waals surface area (Å²) in [6.07, 6.45) is 2.20. The second-order valence-corrected chi connectivity index (χ2v) is 5.09. The Labute approximate surface area is 121 Å². The third-order valence-electron chi connectivity index (χ3n) is 2.92. The fourth-order valence-electron chi connectivity index (χ4n) is 2.02. The Morgan fingerprint density at radius 1 is 1.22 bits per heavy atom. The van der Waals surface area contributed by atoms with Crippen LogP contribution < -0.4 is 21.5 Å². The van der Waals surface area contributed by atoms with Gasteiger partial charge in [-0.25, -0.2) is 0 Å². The molecule has 2 heterocycles. The topological polar surface area (TPSA) is 13.1 Å². The molecule has 94 valence electrons. The number of fused-ring (bicyclic) bond motifs is 1. The van der Waals surface area contributed by atoms with Gasteiger partial charge in [-0.15, -0.1) is 0 Å². The van der Waals surface area contributed by atoms with Crippen molar-refractivity contribution < 1.29 is 26.3 Å². The third kappa shape index (κ3) is 2.22. The van der Waals surface area contributed by atoms with Crippen LogP contribution in [0.5, 0.6) is 0 Å². The van der Waals surface area contributed by atoms with Gasteiger partial charge >= 0.3 is 0 Å². The van der Waals surface area contributed by atoms with E-state index < -0.39 is 0 Å². The first kappa shape index (κ1) is 13.3. The first-order chi connectivity index (χ1) is 8.25. The van der Waals surface area contributed by atoms with Crippen LogP contribution in [0.25, 0.3) is 12.0 Å². The molecule has 0 aliphatic carbocycles. The average molecular weight is 324 g/mol. The molecular formula is C14H14BrNOS. The van der Waals surface area contributed by atoms with Crippen molar-refractivity contribution in [3.05, 3.63) is 52.0 Å². The number of aromatic nitrogens is 1. The lowest BCUT2D eigenvalue weighted by atomic mass is 10.2. The van der Waals surface area contributed by atoms with E-state index in [4.69, 9.17) is 4.74 Å². The van der Waals surface area contributed by atoms with Gasteiger partial charge in [0.05, 0.1) is 5.38 Å². The van der Waals surface area contributed by atoms with Crippen molar-refractivity contribution in [3.8, 4) is 0 Å². The van der Waals surface area contributed by atoms with Crippen molar-refractivity contribution >= 4 is 23.3 Å². The highest BCUT2D eigenvalue weighted by atomic mass is 79.9. The van der Waals surface area contributed by atoms with Crippen LogP contribution in [-0.4, -0.2) is 0 Å². The molecule has 0 spiro atoms. The van der Waals surface area contributed by atoms with Gasteiger partial charge in [0.15, 0.2) is 17.6 Å². The Balaban J connectivity index is 0.00000120. The van der Waals surface area contributed by atoms with Gasteiger partial charge < -0.3 is 21.7 Å². The molecule has 1 unspecified atom stereocenters. The molecule has 0 bridgehead atoms. The maximum atomic E-state index is 5.96. The van der Waals surface area contributed by atoms with Crippen LogP contribution in [-0.2, 0) is 4.74 Å². The van der Waals surface area contributed by atoms with Gasteiger partial charge in [-0.2, -0.15) is 4.57 Å². The van der Waals surface area contributed by atoms with E-state index in [2.05, 4.69) is 42.1 Å². The lowest BCUT2D eigenvalue weighted by molar-refractivity contribution is -0.586. The zero-order chi connectivity index (χ0) is 11.8. The van der Waals surface area contributed by atoms with Crippen LogP contribution in [0, 0.1) is 6.92 Å². The molecule has 1 aliphatic rings. The zero-order valence-corrected chi connectivity index (χ0v) is 12.7. The molecule has 1 aromatic heterocycles. The van der Waals surface area contributed by atoms with Crippen molar-refractivity contribution in [1.29, 1.82) is 0 Å². The van der Waals surface area contributed by atoms with Gasteiger partial charge in [0.2, 0.25) is 6.20 Å². The molecular weight excluding hydrogens is 310 g/mol. The average Bonchev–Trinajstić information content (AvgIpc) is 2.73. The van der Waals surface area contributed by atoms with E-state index in [0.717, 1.165) is 11.3 Å². The van der Waals surface area contributed by atoms with Crippen LogP contribution in [0.3, 0.4) is 0 Å². The summed E-state index contributed by atoms with van der Waals surface area (Å²) < 4.78 is 8.19.